The van der Waals surface area contributed by atoms with Crippen LogP contribution in [0.3, 0.4) is 0 Å². The van der Waals surface area contributed by atoms with Crippen LogP contribution in [0, 0.1) is 5.41 Å². The Kier molecular flexibility index (Phi) is 8.47. The molecule has 22 heavy (non-hydrogen) atoms. The molecule has 3 rings (SSSR count). The Labute approximate surface area is 177 Å². The van der Waals surface area contributed by atoms with Crippen LogP contribution in [0.15, 0.2) is 54.3 Å². The second-order valence-electron chi connectivity index (χ2n) is 5.34. The van der Waals surface area contributed by atoms with E-state index >= 15 is 0 Å². The van der Waals surface area contributed by atoms with Gasteiger partial charge in [-0.2, -0.15) is 0 Å². The van der Waals surface area contributed by atoms with Crippen molar-refractivity contribution in [2.75, 3.05) is 13.1 Å². The number of hydrogen-bond acceptors (Lipinski definition) is 1. The second kappa shape index (κ2) is 9.31. The van der Waals surface area contributed by atoms with Gasteiger partial charge in [-0.15, -0.1) is 13.1 Å². The Morgan fingerprint density at radius 1 is 1.23 bits per heavy atom. The van der Waals surface area contributed by atoms with Crippen molar-refractivity contribution in [1.29, 1.82) is 0 Å². The van der Waals surface area contributed by atoms with E-state index in [4.69, 9.17) is 0 Å². The van der Waals surface area contributed by atoms with Gasteiger partial charge in [-0.3, -0.25) is 4.98 Å². The molecule has 1 aromatic heterocycles. The Bertz CT molecular complexity index is 552. The van der Waals surface area contributed by atoms with Gasteiger partial charge in [-0.25, -0.2) is 0 Å². The van der Waals surface area contributed by atoms with E-state index in [2.05, 4.69) is 35.9 Å². The monoisotopic (exact) mass is 320 g/mol. The fraction of sp³-hybridized carbons (Fsp3) is 0.421. The van der Waals surface area contributed by atoms with Gasteiger partial charge < -0.3 is 5.32 Å². The minimum absolute atomic E-state index is 0. The van der Waals surface area contributed by atoms with Crippen LogP contribution in [0.5, 0.6) is 0 Å². The summed E-state index contributed by atoms with van der Waals surface area (Å²) < 4.78 is 0. The largest absolute Gasteiger partial charge is 1.00 e. The molecular weight excluding hydrogens is 295 g/mol. The number of allylic oxidation sites excluding steroid dienone is 5. The van der Waals surface area contributed by atoms with Crippen LogP contribution in [0.25, 0.3) is 10.9 Å². The third-order valence-corrected chi connectivity index (χ3v) is 4.34. The third kappa shape index (κ3) is 3.89. The van der Waals surface area contributed by atoms with E-state index in [0.717, 1.165) is 31.6 Å². The second-order valence-corrected chi connectivity index (χ2v) is 5.34. The molecule has 1 aromatic rings. The molecule has 2 heterocycles. The van der Waals surface area contributed by atoms with Gasteiger partial charge in [-0.05, 0) is 30.2 Å². The van der Waals surface area contributed by atoms with Gasteiger partial charge in [0, 0.05) is 17.2 Å². The molecule has 1 spiro atoms. The van der Waals surface area contributed by atoms with Gasteiger partial charge in [0.25, 0.3) is 0 Å². The van der Waals surface area contributed by atoms with Crippen molar-refractivity contribution in [1.82, 2.24) is 4.98 Å². The van der Waals surface area contributed by atoms with Crippen molar-refractivity contribution in [3.63, 3.8) is 0 Å². The van der Waals surface area contributed by atoms with Crippen molar-refractivity contribution in [3.05, 3.63) is 65.3 Å². The zero-order chi connectivity index (χ0) is 15.3. The van der Waals surface area contributed by atoms with Crippen LogP contribution >= 0.6 is 0 Å². The first-order chi connectivity index (χ1) is 10.3. The number of pyridine rings is 1. The van der Waals surface area contributed by atoms with E-state index in [9.17, 15) is 0 Å². The average molecular weight is 321 g/mol. The van der Waals surface area contributed by atoms with Gasteiger partial charge in [0.2, 0.25) is 0 Å². The normalized spacial score (nSPS) is 19.0. The number of nitrogens with zero attached hydrogens (tertiary/aromatic N) is 2. The standard InChI is InChI=1S/C17H19N2.C2H6.K/c1-3-15-13(2)14(16-6-4-5-9-19-16)12-17(15)7-10-18-11-8-17;1-2;/h3-6,9,12H,1,7-8,10-11H2,2H3;1-2H3;/q-1;;+1. The van der Waals surface area contributed by atoms with E-state index in [1.54, 1.807) is 0 Å². The summed E-state index contributed by atoms with van der Waals surface area (Å²) in [5.74, 6) is 0. The predicted octanol–water partition coefficient (Wildman–Crippen LogP) is 2.17. The Hall–Kier alpha value is -0.0336. The molecule has 1 fully saturated rings. The fourth-order valence-corrected chi connectivity index (χ4v) is 3.33. The molecule has 2 aliphatic rings. The van der Waals surface area contributed by atoms with Crippen LogP contribution in [0.4, 0.5) is 0 Å². The summed E-state index contributed by atoms with van der Waals surface area (Å²) in [4.78, 5) is 4.50. The number of aromatic nitrogens is 1. The summed E-state index contributed by atoms with van der Waals surface area (Å²) >= 11 is 0. The van der Waals surface area contributed by atoms with Crippen LogP contribution < -0.4 is 51.4 Å². The van der Waals surface area contributed by atoms with Crippen molar-refractivity contribution < 1.29 is 51.4 Å². The molecular formula is C19H25KN2. The summed E-state index contributed by atoms with van der Waals surface area (Å²) in [5, 5.41) is 4.49. The van der Waals surface area contributed by atoms with Gasteiger partial charge >= 0.3 is 51.4 Å². The summed E-state index contributed by atoms with van der Waals surface area (Å²) in [6.45, 7) is 12.1. The first kappa shape index (κ1) is 20.0. The van der Waals surface area contributed by atoms with Crippen molar-refractivity contribution in [2.45, 2.75) is 33.6 Å². The molecule has 0 bridgehead atoms. The molecule has 0 atom stereocenters. The minimum atomic E-state index is 0. The summed E-state index contributed by atoms with van der Waals surface area (Å²) in [6.07, 6.45) is 8.51. The number of hydrogen-bond donors (Lipinski definition) is 0. The smallest absolute Gasteiger partial charge is 0.662 e. The first-order valence-electron chi connectivity index (χ1n) is 7.88. The topological polar surface area (TPSA) is 27.0 Å². The van der Waals surface area contributed by atoms with Gasteiger partial charge in [0.15, 0.2) is 0 Å². The molecule has 2 nitrogen and oxygen atoms in total. The maximum atomic E-state index is 4.50. The quantitative estimate of drug-likeness (QED) is 0.767. The van der Waals surface area contributed by atoms with Crippen molar-refractivity contribution in [2.24, 2.45) is 5.41 Å². The van der Waals surface area contributed by atoms with E-state index in [0.29, 0.717) is 0 Å². The van der Waals surface area contributed by atoms with Gasteiger partial charge in [0.05, 0.1) is 5.69 Å². The molecule has 1 saturated heterocycles. The third-order valence-electron chi connectivity index (χ3n) is 4.34. The van der Waals surface area contributed by atoms with Crippen molar-refractivity contribution >= 4 is 5.57 Å². The number of rotatable bonds is 2. The molecule has 0 N–H and O–H groups in total. The van der Waals surface area contributed by atoms with Crippen LogP contribution in [-0.4, -0.2) is 18.1 Å². The zero-order valence-electron chi connectivity index (χ0n) is 14.4. The fourth-order valence-electron chi connectivity index (χ4n) is 3.33. The molecule has 1 aliphatic heterocycles. The molecule has 0 aromatic carbocycles. The molecule has 0 radical (unpaired) electrons. The minimum Gasteiger partial charge on any atom is -0.662 e. The number of piperidine rings is 1. The first-order valence-corrected chi connectivity index (χ1v) is 7.88. The van der Waals surface area contributed by atoms with Crippen LogP contribution in [-0.2, 0) is 0 Å². The molecule has 0 unspecified atom stereocenters. The van der Waals surface area contributed by atoms with E-state index in [-0.39, 0.29) is 56.8 Å². The maximum absolute atomic E-state index is 4.50. The SMILES string of the molecule is C=CC1=C(C)C(c2ccccn2)=CC12CC[N-]CC2.CC.[K+]. The molecule has 0 saturated carbocycles. The van der Waals surface area contributed by atoms with Crippen molar-refractivity contribution in [3.8, 4) is 0 Å². The van der Waals surface area contributed by atoms with Crippen LogP contribution in [0.2, 0.25) is 0 Å². The maximum Gasteiger partial charge on any atom is 1.00 e. The molecule has 3 heteroatoms. The Morgan fingerprint density at radius 3 is 2.45 bits per heavy atom. The predicted molar refractivity (Wildman–Crippen MR) is 91.2 cm³/mol. The average Bonchev–Trinajstić information content (AvgIpc) is 2.82. The molecule has 1 aliphatic carbocycles. The summed E-state index contributed by atoms with van der Waals surface area (Å²) in [5.41, 5.74) is 5.20. The molecule has 112 valence electrons. The summed E-state index contributed by atoms with van der Waals surface area (Å²) in [6, 6.07) is 6.09. The Balaban J connectivity index is 0.000000775. The van der Waals surface area contributed by atoms with E-state index in [1.165, 1.54) is 16.7 Å². The van der Waals surface area contributed by atoms with E-state index < -0.39 is 0 Å². The summed E-state index contributed by atoms with van der Waals surface area (Å²) in [7, 11) is 0. The van der Waals surface area contributed by atoms with E-state index in [1.807, 2.05) is 38.3 Å². The van der Waals surface area contributed by atoms with Crippen LogP contribution in [0.1, 0.15) is 39.3 Å². The Morgan fingerprint density at radius 2 is 1.91 bits per heavy atom. The van der Waals surface area contributed by atoms with Gasteiger partial charge in [-0.1, -0.05) is 51.5 Å². The zero-order valence-corrected chi connectivity index (χ0v) is 17.5. The molecule has 0 amide bonds. The van der Waals surface area contributed by atoms with Gasteiger partial charge in [0.1, 0.15) is 0 Å².